The van der Waals surface area contributed by atoms with Gasteiger partial charge in [-0.05, 0) is 36.8 Å². The molecular weight excluding hydrogens is 390 g/mol. The monoisotopic (exact) mass is 410 g/mol. The highest BCUT2D eigenvalue weighted by molar-refractivity contribution is 6.05. The minimum atomic E-state index is -2.87. The lowest BCUT2D eigenvalue weighted by atomic mass is 9.92. The Morgan fingerprint density at radius 2 is 1.93 bits per heavy atom. The van der Waals surface area contributed by atoms with Crippen LogP contribution in [0.5, 0.6) is 5.75 Å². The minimum Gasteiger partial charge on any atom is -0.545 e. The number of hydrogen-bond donors (Lipinski definition) is 1. The van der Waals surface area contributed by atoms with E-state index in [1.165, 1.54) is 17.0 Å². The van der Waals surface area contributed by atoms with Crippen molar-refractivity contribution in [3.05, 3.63) is 70.9 Å². The van der Waals surface area contributed by atoms with Gasteiger partial charge >= 0.3 is 6.61 Å². The lowest BCUT2D eigenvalue weighted by molar-refractivity contribution is -0.905. The van der Waals surface area contributed by atoms with Gasteiger partial charge in [0.25, 0.3) is 0 Å². The number of ether oxygens (including phenoxy) is 1. The summed E-state index contributed by atoms with van der Waals surface area (Å²) in [6, 6.07) is 13.5. The maximum Gasteiger partial charge on any atom is 0.387 e. The van der Waals surface area contributed by atoms with Crippen LogP contribution in [-0.4, -0.2) is 30.7 Å². The normalized spacial score (nSPS) is 17.3. The number of alkyl halides is 2. The van der Waals surface area contributed by atoms with Gasteiger partial charge in [-0.3, -0.25) is 0 Å². The molecule has 0 bridgehead atoms. The van der Waals surface area contributed by atoms with Crippen molar-refractivity contribution < 1.29 is 28.3 Å². The highest BCUT2D eigenvalue weighted by atomic mass is 19.3. The topological polar surface area (TPSA) is 66.7 Å². The van der Waals surface area contributed by atoms with Crippen LogP contribution >= 0.6 is 0 Å². The Kier molecular flexibility index (Phi) is 5.46. The molecule has 7 heteroatoms. The number of carbonyl (C=O) groups is 1. The second kappa shape index (κ2) is 8.20. The summed E-state index contributed by atoms with van der Waals surface area (Å²) in [4.78, 5) is 18.0. The molecule has 1 aliphatic rings. The number of carboxylic acid groups (broad SMARTS) is 1. The quantitative estimate of drug-likeness (QED) is 0.700. The Hall–Kier alpha value is -3.32. The van der Waals surface area contributed by atoms with Crippen molar-refractivity contribution in [1.29, 1.82) is 0 Å². The van der Waals surface area contributed by atoms with Crippen LogP contribution in [0.15, 0.2) is 48.5 Å². The first-order valence-corrected chi connectivity index (χ1v) is 9.68. The Labute approximate surface area is 172 Å². The zero-order valence-electron chi connectivity index (χ0n) is 16.3. The van der Waals surface area contributed by atoms with Crippen molar-refractivity contribution in [1.82, 2.24) is 4.98 Å². The Bertz CT molecular complexity index is 1130. The van der Waals surface area contributed by atoms with Gasteiger partial charge in [-0.25, -0.2) is 4.98 Å². The number of halogens is 2. The van der Waals surface area contributed by atoms with Gasteiger partial charge in [0, 0.05) is 22.1 Å². The average molecular weight is 410 g/mol. The van der Waals surface area contributed by atoms with Crippen molar-refractivity contribution in [3.63, 3.8) is 0 Å². The molecule has 0 amide bonds. The summed E-state index contributed by atoms with van der Waals surface area (Å²) in [5.74, 6) is -1.13. The maximum absolute atomic E-state index is 12.4. The molecule has 1 unspecified atom stereocenters. The van der Waals surface area contributed by atoms with E-state index in [1.54, 1.807) is 30.3 Å². The van der Waals surface area contributed by atoms with Gasteiger partial charge in [-0.1, -0.05) is 30.3 Å². The van der Waals surface area contributed by atoms with Gasteiger partial charge in [-0.15, -0.1) is 0 Å². The van der Waals surface area contributed by atoms with Crippen molar-refractivity contribution in [2.24, 2.45) is 0 Å². The van der Waals surface area contributed by atoms with Gasteiger partial charge in [0.1, 0.15) is 18.8 Å². The summed E-state index contributed by atoms with van der Waals surface area (Å²) in [6.07, 6.45) is 1.92. The van der Waals surface area contributed by atoms with E-state index in [-0.39, 0.29) is 11.3 Å². The van der Waals surface area contributed by atoms with Crippen molar-refractivity contribution in [2.45, 2.75) is 20.1 Å². The molecule has 2 aromatic carbocycles. The highest BCUT2D eigenvalue weighted by Gasteiger charge is 2.28. The highest BCUT2D eigenvalue weighted by Crippen LogP contribution is 2.30. The van der Waals surface area contributed by atoms with Crippen LogP contribution in [0.3, 0.4) is 0 Å². The van der Waals surface area contributed by atoms with E-state index in [9.17, 15) is 18.7 Å². The van der Waals surface area contributed by atoms with Gasteiger partial charge < -0.3 is 19.5 Å². The van der Waals surface area contributed by atoms with Crippen LogP contribution < -0.4 is 14.7 Å². The maximum atomic E-state index is 12.4. The minimum absolute atomic E-state index is 0.0837. The van der Waals surface area contributed by atoms with Gasteiger partial charge in [0.2, 0.25) is 0 Å². The zero-order chi connectivity index (χ0) is 21.3. The molecule has 4 rings (SSSR count). The first kappa shape index (κ1) is 20.0. The number of quaternary nitrogens is 1. The smallest absolute Gasteiger partial charge is 0.387 e. The second-order valence-electron chi connectivity index (χ2n) is 7.19. The molecule has 1 aromatic heterocycles. The average Bonchev–Trinajstić information content (AvgIpc) is 2.72. The second-order valence-corrected chi connectivity index (χ2v) is 7.19. The first-order chi connectivity index (χ1) is 14.5. The van der Waals surface area contributed by atoms with E-state index in [4.69, 9.17) is 4.98 Å². The largest absolute Gasteiger partial charge is 0.545 e. The van der Waals surface area contributed by atoms with Crippen LogP contribution in [-0.2, 0) is 6.54 Å². The molecule has 5 nitrogen and oxygen atoms in total. The third-order valence-corrected chi connectivity index (χ3v) is 5.31. The summed E-state index contributed by atoms with van der Waals surface area (Å²) in [5, 5.41) is 12.6. The lowest BCUT2D eigenvalue weighted by Crippen LogP contribution is -3.11. The molecule has 0 spiro atoms. The molecule has 154 valence electrons. The fourth-order valence-corrected chi connectivity index (χ4v) is 3.90. The van der Waals surface area contributed by atoms with E-state index in [0.29, 0.717) is 35.2 Å². The van der Waals surface area contributed by atoms with Crippen LogP contribution in [0, 0.1) is 0 Å². The van der Waals surface area contributed by atoms with Gasteiger partial charge in [-0.2, -0.15) is 8.78 Å². The third-order valence-electron chi connectivity index (χ3n) is 5.31. The van der Waals surface area contributed by atoms with E-state index in [0.717, 1.165) is 17.7 Å². The molecule has 0 saturated heterocycles. The van der Waals surface area contributed by atoms with Crippen molar-refractivity contribution in [2.75, 3.05) is 13.1 Å². The summed E-state index contributed by atoms with van der Waals surface area (Å²) >= 11 is 0. The van der Waals surface area contributed by atoms with Crippen molar-refractivity contribution in [3.8, 4) is 5.75 Å². The number of pyridine rings is 1. The first-order valence-electron chi connectivity index (χ1n) is 9.68. The number of rotatable bonds is 5. The number of nitrogens with one attached hydrogen (secondary N) is 1. The number of para-hydroxylation sites is 1. The van der Waals surface area contributed by atoms with Crippen LogP contribution in [0.4, 0.5) is 8.78 Å². The van der Waals surface area contributed by atoms with E-state index in [2.05, 4.69) is 4.74 Å². The Morgan fingerprint density at radius 3 is 2.60 bits per heavy atom. The molecule has 1 N–H and O–H groups in total. The Balaban J connectivity index is 1.85. The number of hydrogen-bond acceptors (Lipinski definition) is 4. The predicted molar refractivity (Wildman–Crippen MR) is 107 cm³/mol. The van der Waals surface area contributed by atoms with Gasteiger partial charge in [0.15, 0.2) is 0 Å². The zero-order valence-corrected chi connectivity index (χ0v) is 16.3. The number of likely N-dealkylation sites (N-methyl/N-ethyl adjacent to an activating group) is 1. The molecule has 30 heavy (non-hydrogen) atoms. The molecule has 1 aliphatic heterocycles. The van der Waals surface area contributed by atoms with Crippen molar-refractivity contribution >= 4 is 28.5 Å². The van der Waals surface area contributed by atoms with Crippen LogP contribution in [0.2, 0.25) is 0 Å². The number of nitrogens with zero attached hydrogens (tertiary/aromatic N) is 1. The number of fused-ring (bicyclic) bond motifs is 2. The summed E-state index contributed by atoms with van der Waals surface area (Å²) < 4.78 is 29.1. The van der Waals surface area contributed by atoms with Crippen LogP contribution in [0.25, 0.3) is 22.6 Å². The van der Waals surface area contributed by atoms with Crippen LogP contribution in [0.1, 0.15) is 34.1 Å². The third kappa shape index (κ3) is 3.89. The van der Waals surface area contributed by atoms with E-state index in [1.807, 2.05) is 19.1 Å². The molecule has 0 aliphatic carbocycles. The Morgan fingerprint density at radius 1 is 1.20 bits per heavy atom. The molecule has 0 radical (unpaired) electrons. The number of carboxylic acids is 1. The fourth-order valence-electron chi connectivity index (χ4n) is 3.90. The summed E-state index contributed by atoms with van der Waals surface area (Å²) in [5.41, 5.74) is 3.79. The van der Waals surface area contributed by atoms with Gasteiger partial charge in [0.05, 0.1) is 23.7 Å². The molecule has 3 aromatic rings. The number of carbonyl (C=O) groups excluding carboxylic acids is 1. The molecular formula is C23H20F2N2O3. The number of aromatic carboxylic acids is 1. The fraction of sp³-hybridized carbons (Fsp3) is 0.217. The summed E-state index contributed by atoms with van der Waals surface area (Å²) in [7, 11) is 0. The standard InChI is InChI=1S/C23H20F2N2O3/c1-2-27-12-15(11-14-7-9-16(10-8-14)30-23(24)25)21-18(13-27)20(22(28)29)17-5-3-4-6-19(17)26-21/h3-11,23H,2,12-13H2,1H3,(H,28,29)/b15-11+. The number of benzene rings is 2. The molecule has 0 fully saturated rings. The molecule has 2 heterocycles. The SMILES string of the molecule is CC[NH+]1C/C(=C\c2ccc(OC(F)F)cc2)c2nc3ccccc3c(C(=O)[O-])c2C1. The lowest BCUT2D eigenvalue weighted by Gasteiger charge is -2.29. The number of aromatic nitrogens is 1. The summed E-state index contributed by atoms with van der Waals surface area (Å²) in [6.45, 7) is 1.21. The van der Waals surface area contributed by atoms with E-state index < -0.39 is 12.6 Å². The van der Waals surface area contributed by atoms with E-state index >= 15 is 0 Å². The molecule has 0 saturated carbocycles. The molecule has 1 atom stereocenters. The predicted octanol–water partition coefficient (Wildman–Crippen LogP) is 2.16.